The molecule has 21 heavy (non-hydrogen) atoms. The van der Waals surface area contributed by atoms with Crippen LogP contribution in [0.4, 0.5) is 0 Å². The number of nitrogens with zero attached hydrogens (tertiary/aromatic N) is 1. The second kappa shape index (κ2) is 9.78. The van der Waals surface area contributed by atoms with Crippen LogP contribution < -0.4 is 5.32 Å². The maximum atomic E-state index is 9.82. The van der Waals surface area contributed by atoms with Crippen LogP contribution in [-0.4, -0.2) is 61.0 Å². The molecule has 1 aliphatic carbocycles. The van der Waals surface area contributed by atoms with E-state index in [0.717, 1.165) is 39.0 Å². The maximum Gasteiger partial charge on any atom is 0.0613 e. The summed E-state index contributed by atoms with van der Waals surface area (Å²) in [5.74, 6) is 0. The van der Waals surface area contributed by atoms with Crippen molar-refractivity contribution in [2.75, 3.05) is 33.4 Å². The molecule has 0 spiro atoms. The Hall–Kier alpha value is -0.160. The molecule has 4 heteroatoms. The summed E-state index contributed by atoms with van der Waals surface area (Å²) in [6, 6.07) is 1.25. The summed E-state index contributed by atoms with van der Waals surface area (Å²) in [6.07, 6.45) is 6.89. The summed E-state index contributed by atoms with van der Waals surface area (Å²) in [5, 5.41) is 13.5. The van der Waals surface area contributed by atoms with Crippen molar-refractivity contribution in [1.82, 2.24) is 10.2 Å². The van der Waals surface area contributed by atoms with Gasteiger partial charge in [0.1, 0.15) is 0 Å². The van der Waals surface area contributed by atoms with Crippen molar-refractivity contribution in [1.29, 1.82) is 0 Å². The molecule has 0 bridgehead atoms. The van der Waals surface area contributed by atoms with Gasteiger partial charge in [-0.15, -0.1) is 0 Å². The predicted octanol–water partition coefficient (Wildman–Crippen LogP) is 2.41. The SMILES string of the molecule is CCC(C)N(CCCC(CC)(CO)NC1CC1)CCOC. The number of nitrogens with one attached hydrogen (secondary N) is 1. The number of rotatable bonds is 13. The Labute approximate surface area is 131 Å². The van der Waals surface area contributed by atoms with Crippen molar-refractivity contribution >= 4 is 0 Å². The molecule has 0 saturated heterocycles. The second-order valence-corrected chi connectivity index (χ2v) is 6.60. The van der Waals surface area contributed by atoms with E-state index in [1.54, 1.807) is 7.11 Å². The van der Waals surface area contributed by atoms with Crippen LogP contribution in [0.1, 0.15) is 59.3 Å². The van der Waals surface area contributed by atoms with Crippen molar-refractivity contribution < 1.29 is 9.84 Å². The standard InChI is InChI=1S/C17H36N2O2/c1-5-15(3)19(12-13-21-4)11-7-10-17(6-2,14-20)18-16-8-9-16/h15-16,18,20H,5-14H2,1-4H3. The minimum atomic E-state index is -0.0659. The van der Waals surface area contributed by atoms with Crippen LogP contribution in [0, 0.1) is 0 Å². The van der Waals surface area contributed by atoms with Gasteiger partial charge in [-0.2, -0.15) is 0 Å². The molecule has 0 aromatic rings. The fourth-order valence-electron chi connectivity index (χ4n) is 2.89. The molecule has 1 aliphatic rings. The van der Waals surface area contributed by atoms with E-state index < -0.39 is 0 Å². The first-order valence-electron chi connectivity index (χ1n) is 8.72. The van der Waals surface area contributed by atoms with Gasteiger partial charge in [-0.1, -0.05) is 13.8 Å². The third-order valence-corrected chi connectivity index (χ3v) is 4.96. The van der Waals surface area contributed by atoms with Crippen LogP contribution >= 0.6 is 0 Å². The zero-order chi connectivity index (χ0) is 15.7. The summed E-state index contributed by atoms with van der Waals surface area (Å²) in [4.78, 5) is 2.51. The highest BCUT2D eigenvalue weighted by atomic mass is 16.5. The largest absolute Gasteiger partial charge is 0.394 e. The van der Waals surface area contributed by atoms with Crippen molar-refractivity contribution in [3.05, 3.63) is 0 Å². The highest BCUT2D eigenvalue weighted by Crippen LogP contribution is 2.27. The minimum Gasteiger partial charge on any atom is -0.394 e. The average Bonchev–Trinajstić information content (AvgIpc) is 3.32. The molecule has 0 radical (unpaired) electrons. The normalized spacial score (nSPS) is 19.7. The number of aliphatic hydroxyl groups is 1. The Bertz CT molecular complexity index is 266. The van der Waals surface area contributed by atoms with Gasteiger partial charge in [0, 0.05) is 31.3 Å². The van der Waals surface area contributed by atoms with Crippen LogP contribution in [0.5, 0.6) is 0 Å². The van der Waals surface area contributed by atoms with Crippen molar-refractivity contribution in [3.8, 4) is 0 Å². The summed E-state index contributed by atoms with van der Waals surface area (Å²) >= 11 is 0. The number of ether oxygens (including phenoxy) is 1. The van der Waals surface area contributed by atoms with Gasteiger partial charge in [0.25, 0.3) is 0 Å². The Balaban J connectivity index is 2.41. The van der Waals surface area contributed by atoms with E-state index in [4.69, 9.17) is 4.74 Å². The molecule has 0 amide bonds. The molecule has 1 saturated carbocycles. The summed E-state index contributed by atoms with van der Waals surface area (Å²) in [6.45, 7) is 9.85. The molecule has 2 unspecified atom stereocenters. The zero-order valence-corrected chi connectivity index (χ0v) is 14.5. The van der Waals surface area contributed by atoms with E-state index in [9.17, 15) is 5.11 Å². The van der Waals surface area contributed by atoms with E-state index in [-0.39, 0.29) is 12.1 Å². The molecule has 0 heterocycles. The van der Waals surface area contributed by atoms with Gasteiger partial charge in [0.15, 0.2) is 0 Å². The van der Waals surface area contributed by atoms with Crippen molar-refractivity contribution in [2.45, 2.75) is 76.9 Å². The Morgan fingerprint density at radius 3 is 2.52 bits per heavy atom. The average molecular weight is 300 g/mol. The summed E-state index contributed by atoms with van der Waals surface area (Å²) in [7, 11) is 1.77. The Morgan fingerprint density at radius 1 is 1.33 bits per heavy atom. The zero-order valence-electron chi connectivity index (χ0n) is 14.5. The minimum absolute atomic E-state index is 0.0659. The highest BCUT2D eigenvalue weighted by Gasteiger charge is 2.34. The molecule has 2 N–H and O–H groups in total. The first kappa shape index (κ1) is 18.9. The Morgan fingerprint density at radius 2 is 2.05 bits per heavy atom. The lowest BCUT2D eigenvalue weighted by Crippen LogP contribution is -2.49. The highest BCUT2D eigenvalue weighted by molar-refractivity contribution is 4.94. The number of aliphatic hydroxyl groups excluding tert-OH is 1. The molecule has 4 nitrogen and oxygen atoms in total. The smallest absolute Gasteiger partial charge is 0.0613 e. The van der Waals surface area contributed by atoms with Crippen LogP contribution in [0.15, 0.2) is 0 Å². The number of hydrogen-bond donors (Lipinski definition) is 2. The fourth-order valence-corrected chi connectivity index (χ4v) is 2.89. The monoisotopic (exact) mass is 300 g/mol. The lowest BCUT2D eigenvalue weighted by atomic mass is 9.90. The quantitative estimate of drug-likeness (QED) is 0.548. The van der Waals surface area contributed by atoms with Gasteiger partial charge in [-0.05, 0) is 52.0 Å². The molecule has 0 aliphatic heterocycles. The molecule has 2 atom stereocenters. The first-order chi connectivity index (χ1) is 10.1. The molecule has 1 rings (SSSR count). The van der Waals surface area contributed by atoms with Crippen LogP contribution in [0.25, 0.3) is 0 Å². The van der Waals surface area contributed by atoms with E-state index >= 15 is 0 Å². The summed E-state index contributed by atoms with van der Waals surface area (Å²) in [5.41, 5.74) is -0.0659. The lowest BCUT2D eigenvalue weighted by molar-refractivity contribution is 0.108. The molecule has 0 aromatic heterocycles. The van der Waals surface area contributed by atoms with Gasteiger partial charge in [-0.3, -0.25) is 4.90 Å². The van der Waals surface area contributed by atoms with Gasteiger partial charge in [0.2, 0.25) is 0 Å². The molecular formula is C17H36N2O2. The lowest BCUT2D eigenvalue weighted by Gasteiger charge is -2.34. The van der Waals surface area contributed by atoms with E-state index in [0.29, 0.717) is 12.1 Å². The second-order valence-electron chi connectivity index (χ2n) is 6.60. The third-order valence-electron chi connectivity index (χ3n) is 4.96. The number of hydrogen-bond acceptors (Lipinski definition) is 4. The first-order valence-corrected chi connectivity index (χ1v) is 8.72. The third kappa shape index (κ3) is 6.64. The van der Waals surface area contributed by atoms with E-state index in [2.05, 4.69) is 31.0 Å². The van der Waals surface area contributed by atoms with Crippen LogP contribution in [0.3, 0.4) is 0 Å². The molecule has 1 fully saturated rings. The summed E-state index contributed by atoms with van der Waals surface area (Å²) < 4.78 is 5.22. The Kier molecular flexibility index (Phi) is 8.79. The van der Waals surface area contributed by atoms with Gasteiger partial charge in [0.05, 0.1) is 13.2 Å². The van der Waals surface area contributed by atoms with E-state index in [1.165, 1.54) is 19.3 Å². The van der Waals surface area contributed by atoms with Gasteiger partial charge < -0.3 is 15.2 Å². The topological polar surface area (TPSA) is 44.7 Å². The fraction of sp³-hybridized carbons (Fsp3) is 1.00. The van der Waals surface area contributed by atoms with Crippen LogP contribution in [-0.2, 0) is 4.74 Å². The molecule has 0 aromatic carbocycles. The molecule has 126 valence electrons. The van der Waals surface area contributed by atoms with Crippen molar-refractivity contribution in [3.63, 3.8) is 0 Å². The predicted molar refractivity (Wildman–Crippen MR) is 88.7 cm³/mol. The van der Waals surface area contributed by atoms with Gasteiger partial charge in [-0.25, -0.2) is 0 Å². The molecular weight excluding hydrogens is 264 g/mol. The van der Waals surface area contributed by atoms with Crippen molar-refractivity contribution in [2.24, 2.45) is 0 Å². The number of methoxy groups -OCH3 is 1. The van der Waals surface area contributed by atoms with Gasteiger partial charge >= 0.3 is 0 Å². The van der Waals surface area contributed by atoms with Crippen LogP contribution in [0.2, 0.25) is 0 Å². The maximum absolute atomic E-state index is 9.82. The van der Waals surface area contributed by atoms with E-state index in [1.807, 2.05) is 0 Å².